The van der Waals surface area contributed by atoms with Crippen molar-refractivity contribution in [3.63, 3.8) is 0 Å². The zero-order valence-corrected chi connectivity index (χ0v) is 19.9. The van der Waals surface area contributed by atoms with Crippen LogP contribution in [0.15, 0.2) is 36.8 Å². The van der Waals surface area contributed by atoms with E-state index < -0.39 is 5.82 Å². The first-order valence-corrected chi connectivity index (χ1v) is 12.0. The lowest BCUT2D eigenvalue weighted by Crippen LogP contribution is -2.58. The molecule has 0 spiro atoms. The quantitative estimate of drug-likeness (QED) is 0.487. The lowest BCUT2D eigenvalue weighted by atomic mass is 10.1. The fourth-order valence-corrected chi connectivity index (χ4v) is 5.17. The number of halogens is 1. The summed E-state index contributed by atoms with van der Waals surface area (Å²) in [5, 5.41) is 8.49. The number of morpholine rings is 1. The Hall–Kier alpha value is -3.50. The number of hydrogen-bond acceptors (Lipinski definition) is 6. The van der Waals surface area contributed by atoms with Gasteiger partial charge in [-0.2, -0.15) is 5.10 Å². The van der Waals surface area contributed by atoms with Gasteiger partial charge in [0.15, 0.2) is 11.5 Å². The predicted octanol–water partition coefficient (Wildman–Crippen LogP) is 2.92. The van der Waals surface area contributed by atoms with Crippen molar-refractivity contribution in [2.45, 2.75) is 26.4 Å². The summed E-state index contributed by atoms with van der Waals surface area (Å²) in [7, 11) is 0. The van der Waals surface area contributed by atoms with Crippen LogP contribution in [0.1, 0.15) is 23.0 Å². The van der Waals surface area contributed by atoms with Crippen molar-refractivity contribution in [1.82, 2.24) is 24.1 Å². The van der Waals surface area contributed by atoms with Crippen LogP contribution in [0.5, 0.6) is 0 Å². The molecule has 2 saturated heterocycles. The summed E-state index contributed by atoms with van der Waals surface area (Å²) in [4.78, 5) is 22.3. The first kappa shape index (κ1) is 22.0. The molecule has 9 nitrogen and oxygen atoms in total. The summed E-state index contributed by atoms with van der Waals surface area (Å²) in [5.41, 5.74) is 3.47. The van der Waals surface area contributed by atoms with E-state index >= 15 is 0 Å². The molecule has 35 heavy (non-hydrogen) atoms. The van der Waals surface area contributed by atoms with E-state index in [1.54, 1.807) is 23.7 Å². The summed E-state index contributed by atoms with van der Waals surface area (Å²) in [6.45, 7) is 9.81. The number of carbonyl (C=O) groups is 1. The number of anilines is 2. The molecular weight excluding hydrogens is 449 g/mol. The maximum Gasteiger partial charge on any atom is 0.257 e. The van der Waals surface area contributed by atoms with Crippen LogP contribution in [0.2, 0.25) is 0 Å². The normalized spacial score (nSPS) is 18.8. The molecule has 0 saturated carbocycles. The molecule has 1 atom stereocenters. The molecule has 6 rings (SSSR count). The van der Waals surface area contributed by atoms with Crippen LogP contribution in [-0.4, -0.2) is 75.4 Å². The topological polar surface area (TPSA) is 79.9 Å². The fraction of sp³-hybridized carbons (Fsp3) is 0.400. The zero-order chi connectivity index (χ0) is 24.1. The number of hydrogen-bond donors (Lipinski definition) is 1. The van der Waals surface area contributed by atoms with Gasteiger partial charge in [0, 0.05) is 68.5 Å². The maximum absolute atomic E-state index is 14.5. The number of amides is 1. The Morgan fingerprint density at radius 2 is 2.11 bits per heavy atom. The molecule has 4 aromatic rings. The third-order valence-corrected chi connectivity index (χ3v) is 6.93. The predicted molar refractivity (Wildman–Crippen MR) is 132 cm³/mol. The molecule has 0 aliphatic carbocycles. The third-order valence-electron chi connectivity index (χ3n) is 6.93. The Kier molecular flexibility index (Phi) is 5.42. The van der Waals surface area contributed by atoms with Crippen molar-refractivity contribution >= 4 is 33.8 Å². The van der Waals surface area contributed by atoms with Gasteiger partial charge >= 0.3 is 0 Å². The molecule has 0 radical (unpaired) electrons. The average Bonchev–Trinajstić information content (AvgIpc) is 3.46. The monoisotopic (exact) mass is 477 g/mol. The summed E-state index contributed by atoms with van der Waals surface area (Å²) in [5.74, 6) is -0.818. The smallest absolute Gasteiger partial charge is 0.257 e. The summed E-state index contributed by atoms with van der Waals surface area (Å²) in [6, 6.07) is 5.48. The van der Waals surface area contributed by atoms with E-state index in [1.807, 2.05) is 29.9 Å². The Morgan fingerprint density at radius 1 is 1.23 bits per heavy atom. The number of aryl methyl sites for hydroxylation is 2. The van der Waals surface area contributed by atoms with Crippen molar-refractivity contribution in [3.8, 4) is 0 Å². The number of ether oxygens (including phenoxy) is 1. The SMILES string of the molecule is CCn1cc2c(N3CCN4CCOC[C@H]4C3)ccc(C(=O)Nc3cc(F)c4nc(C)cn4c3)c2n1. The summed E-state index contributed by atoms with van der Waals surface area (Å²) >= 11 is 0. The molecule has 2 aliphatic rings. The van der Waals surface area contributed by atoms with Crippen LogP contribution in [0.4, 0.5) is 15.8 Å². The number of aromatic nitrogens is 4. The van der Waals surface area contributed by atoms with Crippen LogP contribution in [0, 0.1) is 12.7 Å². The molecule has 182 valence electrons. The molecule has 0 bridgehead atoms. The van der Waals surface area contributed by atoms with Crippen LogP contribution >= 0.6 is 0 Å². The van der Waals surface area contributed by atoms with Crippen molar-refractivity contribution in [2.75, 3.05) is 49.6 Å². The van der Waals surface area contributed by atoms with Gasteiger partial charge in [0.2, 0.25) is 0 Å². The molecule has 3 aromatic heterocycles. The van der Waals surface area contributed by atoms with Gasteiger partial charge in [0.1, 0.15) is 5.52 Å². The highest BCUT2D eigenvalue weighted by Gasteiger charge is 2.31. The average molecular weight is 478 g/mol. The lowest BCUT2D eigenvalue weighted by Gasteiger charge is -2.44. The number of fused-ring (bicyclic) bond motifs is 3. The highest BCUT2D eigenvalue weighted by Crippen LogP contribution is 2.31. The second kappa shape index (κ2) is 8.62. The minimum Gasteiger partial charge on any atom is -0.378 e. The van der Waals surface area contributed by atoms with E-state index in [0.29, 0.717) is 35.0 Å². The molecule has 2 fully saturated rings. The third kappa shape index (κ3) is 3.92. The first-order valence-electron chi connectivity index (χ1n) is 12.0. The van der Waals surface area contributed by atoms with Crippen LogP contribution in [0.3, 0.4) is 0 Å². The number of rotatable bonds is 4. The van der Waals surface area contributed by atoms with E-state index in [2.05, 4.69) is 20.1 Å². The Morgan fingerprint density at radius 3 is 2.97 bits per heavy atom. The number of nitrogens with one attached hydrogen (secondary N) is 1. The van der Waals surface area contributed by atoms with Gasteiger partial charge in [-0.15, -0.1) is 0 Å². The van der Waals surface area contributed by atoms with E-state index in [1.165, 1.54) is 6.07 Å². The molecule has 10 heteroatoms. The van der Waals surface area contributed by atoms with Crippen molar-refractivity contribution in [1.29, 1.82) is 0 Å². The van der Waals surface area contributed by atoms with Gasteiger partial charge in [0.25, 0.3) is 5.91 Å². The maximum atomic E-state index is 14.5. The second-order valence-corrected chi connectivity index (χ2v) is 9.23. The Bertz CT molecular complexity index is 1430. The largest absolute Gasteiger partial charge is 0.378 e. The molecular formula is C25H28FN7O2. The van der Waals surface area contributed by atoms with Gasteiger partial charge in [-0.05, 0) is 26.0 Å². The van der Waals surface area contributed by atoms with Crippen molar-refractivity contribution in [3.05, 3.63) is 53.9 Å². The molecule has 0 unspecified atom stereocenters. The minimum absolute atomic E-state index is 0.234. The highest BCUT2D eigenvalue weighted by atomic mass is 19.1. The first-order chi connectivity index (χ1) is 17.0. The number of carbonyl (C=O) groups excluding carboxylic acids is 1. The zero-order valence-electron chi connectivity index (χ0n) is 19.9. The van der Waals surface area contributed by atoms with Gasteiger partial charge < -0.3 is 19.4 Å². The van der Waals surface area contributed by atoms with E-state index in [-0.39, 0.29) is 11.6 Å². The van der Waals surface area contributed by atoms with Crippen LogP contribution in [-0.2, 0) is 11.3 Å². The molecule has 2 aliphatic heterocycles. The second-order valence-electron chi connectivity index (χ2n) is 9.23. The number of nitrogens with zero attached hydrogens (tertiary/aromatic N) is 6. The number of pyridine rings is 1. The van der Waals surface area contributed by atoms with Gasteiger partial charge in [-0.25, -0.2) is 9.37 Å². The van der Waals surface area contributed by atoms with E-state index in [0.717, 1.165) is 50.5 Å². The lowest BCUT2D eigenvalue weighted by molar-refractivity contribution is -0.0116. The molecule has 5 heterocycles. The number of benzene rings is 1. The fourth-order valence-electron chi connectivity index (χ4n) is 5.17. The summed E-state index contributed by atoms with van der Waals surface area (Å²) in [6.07, 6.45) is 5.39. The number of imidazole rings is 1. The van der Waals surface area contributed by atoms with Gasteiger partial charge in [-0.1, -0.05) is 0 Å². The molecule has 1 aromatic carbocycles. The Balaban J connectivity index is 1.33. The van der Waals surface area contributed by atoms with Gasteiger partial charge in [-0.3, -0.25) is 14.4 Å². The van der Waals surface area contributed by atoms with Crippen molar-refractivity contribution in [2.24, 2.45) is 0 Å². The van der Waals surface area contributed by atoms with E-state index in [4.69, 9.17) is 9.84 Å². The molecule has 1 N–H and O–H groups in total. The van der Waals surface area contributed by atoms with Crippen LogP contribution in [0.25, 0.3) is 16.6 Å². The molecule has 1 amide bonds. The van der Waals surface area contributed by atoms with Gasteiger partial charge in [0.05, 0.1) is 36.2 Å². The summed E-state index contributed by atoms with van der Waals surface area (Å²) < 4.78 is 23.7. The number of piperazine rings is 1. The minimum atomic E-state index is -0.488. The highest BCUT2D eigenvalue weighted by molar-refractivity contribution is 6.13. The van der Waals surface area contributed by atoms with Crippen LogP contribution < -0.4 is 10.2 Å². The Labute approximate surface area is 202 Å². The van der Waals surface area contributed by atoms with Crippen molar-refractivity contribution < 1.29 is 13.9 Å². The standard InChI is InChI=1S/C25H28FN7O2/c1-3-33-14-20-22(31-7-6-30-8-9-35-15-18(30)13-31)5-4-19(23(20)29-33)25(34)28-17-10-21(26)24-27-16(2)11-32(24)12-17/h4-5,10-12,14,18H,3,6-9,13,15H2,1-2H3,(H,28,34)/t18-/m1/s1. The van der Waals surface area contributed by atoms with E-state index in [9.17, 15) is 9.18 Å².